The Bertz CT molecular complexity index is 575. The molecule has 0 aliphatic heterocycles. The van der Waals surface area contributed by atoms with Crippen molar-refractivity contribution in [2.24, 2.45) is 0 Å². The van der Waals surface area contributed by atoms with Crippen LogP contribution in [0.25, 0.3) is 0 Å². The molecule has 0 heterocycles. The maximum absolute atomic E-state index is 11.4. The Labute approximate surface area is 124 Å². The van der Waals surface area contributed by atoms with Crippen molar-refractivity contribution >= 4 is 23.9 Å². The topological polar surface area (TPSA) is 149 Å². The minimum atomic E-state index is -1.61. The maximum Gasteiger partial charge on any atom is 0.336 e. The fraction of sp³-hybridized carbons (Fsp3) is 0.286. The molecule has 22 heavy (non-hydrogen) atoms. The van der Waals surface area contributed by atoms with Gasteiger partial charge in [-0.2, -0.15) is 0 Å². The molecule has 8 heteroatoms. The fourth-order valence-corrected chi connectivity index (χ4v) is 2.50. The first-order valence-corrected chi connectivity index (χ1v) is 6.33. The van der Waals surface area contributed by atoms with E-state index in [1.807, 2.05) is 0 Å². The highest BCUT2D eigenvalue weighted by Gasteiger charge is 2.34. The van der Waals surface area contributed by atoms with Gasteiger partial charge in [-0.15, -0.1) is 0 Å². The predicted octanol–water partition coefficient (Wildman–Crippen LogP) is 1.60. The van der Waals surface area contributed by atoms with Crippen molar-refractivity contribution in [3.63, 3.8) is 0 Å². The first-order chi connectivity index (χ1) is 10.2. The molecule has 0 radical (unpaired) electrons. The van der Waals surface area contributed by atoms with Crippen LogP contribution in [0.1, 0.15) is 66.4 Å². The second-order valence-electron chi connectivity index (χ2n) is 4.38. The van der Waals surface area contributed by atoms with Gasteiger partial charge >= 0.3 is 23.9 Å². The Morgan fingerprint density at radius 1 is 0.591 bits per heavy atom. The number of carbonyl (C=O) groups is 4. The number of benzene rings is 1. The normalized spacial score (nSPS) is 10.3. The van der Waals surface area contributed by atoms with E-state index in [-0.39, 0.29) is 24.0 Å². The van der Waals surface area contributed by atoms with Crippen LogP contribution in [0.4, 0.5) is 0 Å². The second kappa shape index (κ2) is 6.25. The van der Waals surface area contributed by atoms with Crippen LogP contribution in [0.5, 0.6) is 0 Å². The van der Waals surface area contributed by atoms with Crippen LogP contribution < -0.4 is 0 Å². The summed E-state index contributed by atoms with van der Waals surface area (Å²) in [6.07, 6.45) is -0.262. The van der Waals surface area contributed by atoms with Crippen molar-refractivity contribution in [3.05, 3.63) is 33.4 Å². The van der Waals surface area contributed by atoms with E-state index in [9.17, 15) is 39.6 Å². The highest BCUT2D eigenvalue weighted by Crippen LogP contribution is 2.30. The first-order valence-electron chi connectivity index (χ1n) is 6.33. The second-order valence-corrected chi connectivity index (χ2v) is 4.38. The lowest BCUT2D eigenvalue weighted by Crippen LogP contribution is -2.23. The third-order valence-electron chi connectivity index (χ3n) is 3.27. The lowest BCUT2D eigenvalue weighted by atomic mass is 9.84. The summed E-state index contributed by atoms with van der Waals surface area (Å²) in [6, 6.07) is 0. The first kappa shape index (κ1) is 17.2. The number of carboxylic acids is 4. The molecule has 0 saturated heterocycles. The van der Waals surface area contributed by atoms with Gasteiger partial charge in [0.25, 0.3) is 0 Å². The Balaban J connectivity index is 4.24. The summed E-state index contributed by atoms with van der Waals surface area (Å²) in [5, 5.41) is 37.1. The van der Waals surface area contributed by atoms with Crippen molar-refractivity contribution in [1.29, 1.82) is 0 Å². The molecule has 0 saturated carbocycles. The van der Waals surface area contributed by atoms with E-state index >= 15 is 0 Å². The molecular weight excluding hydrogens is 296 g/mol. The third kappa shape index (κ3) is 2.62. The summed E-state index contributed by atoms with van der Waals surface area (Å²) in [6.45, 7) is 2.86. The van der Waals surface area contributed by atoms with Gasteiger partial charge < -0.3 is 20.4 Å². The molecule has 1 aromatic rings. The van der Waals surface area contributed by atoms with Crippen LogP contribution in [-0.2, 0) is 12.8 Å². The zero-order valence-electron chi connectivity index (χ0n) is 11.8. The lowest BCUT2D eigenvalue weighted by molar-refractivity contribution is 0.0632. The number of rotatable bonds is 6. The summed E-state index contributed by atoms with van der Waals surface area (Å²) in [4.78, 5) is 45.7. The molecule has 1 aromatic carbocycles. The molecule has 0 aliphatic rings. The molecule has 118 valence electrons. The van der Waals surface area contributed by atoms with E-state index in [4.69, 9.17) is 0 Å². The van der Waals surface area contributed by atoms with Gasteiger partial charge in [0, 0.05) is 0 Å². The van der Waals surface area contributed by atoms with Gasteiger partial charge in [0.05, 0.1) is 22.3 Å². The molecule has 0 aromatic heterocycles. The molecule has 0 fully saturated rings. The number of hydrogen-bond donors (Lipinski definition) is 4. The van der Waals surface area contributed by atoms with Gasteiger partial charge in [-0.05, 0) is 24.0 Å². The van der Waals surface area contributed by atoms with E-state index < -0.39 is 46.1 Å². The molecule has 8 nitrogen and oxygen atoms in total. The average Bonchev–Trinajstić information content (AvgIpc) is 2.42. The van der Waals surface area contributed by atoms with Crippen molar-refractivity contribution in [2.75, 3.05) is 0 Å². The van der Waals surface area contributed by atoms with Gasteiger partial charge in [0.1, 0.15) is 0 Å². The van der Waals surface area contributed by atoms with Gasteiger partial charge in [-0.25, -0.2) is 19.2 Å². The third-order valence-corrected chi connectivity index (χ3v) is 3.27. The quantitative estimate of drug-likeness (QED) is 0.619. The van der Waals surface area contributed by atoms with E-state index in [1.165, 1.54) is 13.8 Å². The van der Waals surface area contributed by atoms with Crippen molar-refractivity contribution in [3.8, 4) is 0 Å². The Hall–Kier alpha value is -2.90. The van der Waals surface area contributed by atoms with Gasteiger partial charge in [0.2, 0.25) is 0 Å². The Morgan fingerprint density at radius 3 is 0.864 bits per heavy atom. The zero-order valence-corrected chi connectivity index (χ0v) is 11.8. The molecule has 0 aliphatic carbocycles. The summed E-state index contributed by atoms with van der Waals surface area (Å²) < 4.78 is 0. The van der Waals surface area contributed by atoms with E-state index in [0.717, 1.165) is 0 Å². The highest BCUT2D eigenvalue weighted by molar-refractivity contribution is 6.12. The molecule has 0 atom stereocenters. The number of carboxylic acid groups (broad SMARTS) is 4. The lowest BCUT2D eigenvalue weighted by Gasteiger charge is -2.18. The van der Waals surface area contributed by atoms with E-state index in [1.54, 1.807) is 0 Å². The van der Waals surface area contributed by atoms with Crippen molar-refractivity contribution in [1.82, 2.24) is 0 Å². The Kier molecular flexibility index (Phi) is 4.87. The molecule has 0 bridgehead atoms. The van der Waals surface area contributed by atoms with Crippen molar-refractivity contribution < 1.29 is 39.6 Å². The van der Waals surface area contributed by atoms with Crippen LogP contribution in [0.3, 0.4) is 0 Å². The summed E-state index contributed by atoms with van der Waals surface area (Å²) in [5.41, 5.74) is -3.31. The van der Waals surface area contributed by atoms with E-state index in [2.05, 4.69) is 0 Å². The maximum atomic E-state index is 11.4. The van der Waals surface area contributed by atoms with Crippen molar-refractivity contribution in [2.45, 2.75) is 26.7 Å². The standard InChI is InChI=1S/C14H14O8/c1-3-5-7(11(15)16)9(13(19)20)6(4-2)10(14(21)22)8(5)12(17)18/h3-4H2,1-2H3,(H,15,16)(H,17,18)(H,19,20)(H,21,22). The highest BCUT2D eigenvalue weighted by atomic mass is 16.4. The molecule has 0 unspecified atom stereocenters. The van der Waals surface area contributed by atoms with Gasteiger partial charge in [0.15, 0.2) is 0 Å². The van der Waals surface area contributed by atoms with Crippen LogP contribution in [0, 0.1) is 0 Å². The number of hydrogen-bond acceptors (Lipinski definition) is 4. The van der Waals surface area contributed by atoms with Gasteiger partial charge in [-0.3, -0.25) is 0 Å². The average molecular weight is 310 g/mol. The summed E-state index contributed by atoms with van der Waals surface area (Å²) in [7, 11) is 0. The molecular formula is C14H14O8. The monoisotopic (exact) mass is 310 g/mol. The minimum Gasteiger partial charge on any atom is -0.478 e. The van der Waals surface area contributed by atoms with Crippen LogP contribution in [0.15, 0.2) is 0 Å². The van der Waals surface area contributed by atoms with Crippen LogP contribution in [-0.4, -0.2) is 44.3 Å². The molecule has 4 N–H and O–H groups in total. The SMILES string of the molecule is CCc1c(C(=O)O)c(C(=O)O)c(CC)c(C(=O)O)c1C(=O)O. The zero-order chi connectivity index (χ0) is 17.2. The van der Waals surface area contributed by atoms with Crippen LogP contribution >= 0.6 is 0 Å². The number of aromatic carboxylic acids is 4. The van der Waals surface area contributed by atoms with Gasteiger partial charge in [-0.1, -0.05) is 13.8 Å². The molecule has 0 spiro atoms. The Morgan fingerprint density at radius 2 is 0.773 bits per heavy atom. The summed E-state index contributed by atoms with van der Waals surface area (Å²) in [5.74, 6) is -6.43. The predicted molar refractivity (Wildman–Crippen MR) is 73.0 cm³/mol. The molecule has 0 amide bonds. The smallest absolute Gasteiger partial charge is 0.336 e. The summed E-state index contributed by atoms with van der Waals surface area (Å²) >= 11 is 0. The fourth-order valence-electron chi connectivity index (χ4n) is 2.50. The largest absolute Gasteiger partial charge is 0.478 e. The van der Waals surface area contributed by atoms with Crippen LogP contribution in [0.2, 0.25) is 0 Å². The molecule has 1 rings (SSSR count). The van der Waals surface area contributed by atoms with E-state index in [0.29, 0.717) is 0 Å². The minimum absolute atomic E-state index is 0.131.